The molecule has 0 spiro atoms. The summed E-state index contributed by atoms with van der Waals surface area (Å²) in [6, 6.07) is 2.55. The normalized spacial score (nSPS) is 17.0. The predicted octanol–water partition coefficient (Wildman–Crippen LogP) is 3.13. The van der Waals surface area contributed by atoms with E-state index in [0.717, 1.165) is 18.6 Å². The molecule has 0 saturated heterocycles. The smallest absolute Gasteiger partial charge is 0.322 e. The van der Waals surface area contributed by atoms with Crippen LogP contribution in [0.4, 0.5) is 19.3 Å². The first-order valence-electron chi connectivity index (χ1n) is 9.18. The zero-order valence-corrected chi connectivity index (χ0v) is 16.0. The highest BCUT2D eigenvalue weighted by Crippen LogP contribution is 2.22. The number of carbonyl (C=O) groups is 2. The van der Waals surface area contributed by atoms with E-state index in [2.05, 4.69) is 15.7 Å². The summed E-state index contributed by atoms with van der Waals surface area (Å²) in [5.74, 6) is -2.25. The molecule has 0 aliphatic carbocycles. The largest absolute Gasteiger partial charge is 0.349 e. The molecule has 0 radical (unpaired) electrons. The molecule has 3 rings (SSSR count). The van der Waals surface area contributed by atoms with Gasteiger partial charge in [0.25, 0.3) is 5.91 Å². The van der Waals surface area contributed by atoms with Crippen LogP contribution in [0.2, 0.25) is 0 Å². The van der Waals surface area contributed by atoms with Crippen molar-refractivity contribution in [3.63, 3.8) is 0 Å². The number of carbonyl (C=O) groups excluding carboxylic acids is 2. The van der Waals surface area contributed by atoms with Gasteiger partial charge < -0.3 is 15.5 Å². The summed E-state index contributed by atoms with van der Waals surface area (Å²) in [5.41, 5.74) is 1.22. The SMILES string of the molecule is CC[C@@H](C)NC(=O)c1cnn2c1CN(C(=O)Nc1ccc(F)c(F)c1)[C@@H](C)C2. The first-order valence-corrected chi connectivity index (χ1v) is 9.18. The first kappa shape index (κ1) is 19.8. The van der Waals surface area contributed by atoms with Crippen molar-refractivity contribution in [1.82, 2.24) is 20.0 Å². The number of aromatic nitrogens is 2. The minimum absolute atomic E-state index is 0.0262. The highest BCUT2D eigenvalue weighted by atomic mass is 19.2. The molecule has 1 aliphatic heterocycles. The third kappa shape index (κ3) is 3.97. The van der Waals surface area contributed by atoms with Crippen LogP contribution < -0.4 is 10.6 Å². The maximum Gasteiger partial charge on any atom is 0.322 e. The number of hydrogen-bond acceptors (Lipinski definition) is 3. The van der Waals surface area contributed by atoms with Gasteiger partial charge in [0.15, 0.2) is 11.6 Å². The fourth-order valence-corrected chi connectivity index (χ4v) is 3.04. The number of fused-ring (bicyclic) bond motifs is 1. The van der Waals surface area contributed by atoms with E-state index in [1.54, 1.807) is 4.68 Å². The topological polar surface area (TPSA) is 79.3 Å². The van der Waals surface area contributed by atoms with E-state index < -0.39 is 17.7 Å². The third-order valence-corrected chi connectivity index (χ3v) is 4.90. The Labute approximate surface area is 161 Å². The molecule has 0 unspecified atom stereocenters. The molecule has 1 aliphatic rings. The summed E-state index contributed by atoms with van der Waals surface area (Å²) in [4.78, 5) is 26.7. The van der Waals surface area contributed by atoms with Crippen LogP contribution in [0.25, 0.3) is 0 Å². The quantitative estimate of drug-likeness (QED) is 0.841. The number of rotatable bonds is 4. The Hall–Kier alpha value is -2.97. The van der Waals surface area contributed by atoms with Gasteiger partial charge in [-0.25, -0.2) is 13.6 Å². The molecule has 150 valence electrons. The lowest BCUT2D eigenvalue weighted by Crippen LogP contribution is -2.47. The molecule has 2 heterocycles. The molecule has 0 saturated carbocycles. The van der Waals surface area contributed by atoms with Gasteiger partial charge in [0, 0.05) is 17.8 Å². The second-order valence-corrected chi connectivity index (χ2v) is 7.01. The van der Waals surface area contributed by atoms with Gasteiger partial charge in [-0.15, -0.1) is 0 Å². The maximum atomic E-state index is 13.4. The number of hydrogen-bond donors (Lipinski definition) is 2. The van der Waals surface area contributed by atoms with Crippen molar-refractivity contribution >= 4 is 17.6 Å². The Bertz CT molecular complexity index is 898. The van der Waals surface area contributed by atoms with Crippen LogP contribution in [-0.4, -0.2) is 38.7 Å². The van der Waals surface area contributed by atoms with Crippen molar-refractivity contribution in [1.29, 1.82) is 0 Å². The Balaban J connectivity index is 1.77. The number of amides is 3. The molecular weight excluding hydrogens is 368 g/mol. The lowest BCUT2D eigenvalue weighted by Gasteiger charge is -2.34. The van der Waals surface area contributed by atoms with Crippen LogP contribution in [0, 0.1) is 11.6 Å². The van der Waals surface area contributed by atoms with Crippen LogP contribution in [0.3, 0.4) is 0 Å². The summed E-state index contributed by atoms with van der Waals surface area (Å²) in [6.45, 7) is 6.35. The molecule has 28 heavy (non-hydrogen) atoms. The van der Waals surface area contributed by atoms with E-state index in [0.29, 0.717) is 17.8 Å². The van der Waals surface area contributed by atoms with Crippen LogP contribution in [-0.2, 0) is 13.1 Å². The van der Waals surface area contributed by atoms with Crippen molar-refractivity contribution in [2.45, 2.75) is 52.4 Å². The summed E-state index contributed by atoms with van der Waals surface area (Å²) in [6.07, 6.45) is 2.31. The summed E-state index contributed by atoms with van der Waals surface area (Å²) in [7, 11) is 0. The second kappa shape index (κ2) is 7.95. The van der Waals surface area contributed by atoms with Crippen LogP contribution in [0.1, 0.15) is 43.2 Å². The Morgan fingerprint density at radius 3 is 2.75 bits per heavy atom. The van der Waals surface area contributed by atoms with Crippen molar-refractivity contribution in [3.05, 3.63) is 47.3 Å². The third-order valence-electron chi connectivity index (χ3n) is 4.90. The standard InChI is InChI=1S/C19H23F2N5O2/c1-4-11(2)23-18(27)14-8-22-26-9-12(3)25(10-17(14)26)19(28)24-13-5-6-15(20)16(21)7-13/h5-8,11-12H,4,9-10H2,1-3H3,(H,23,27)(H,24,28)/t11-,12+/m1/s1. The lowest BCUT2D eigenvalue weighted by atomic mass is 10.1. The average Bonchev–Trinajstić information content (AvgIpc) is 3.06. The van der Waals surface area contributed by atoms with Crippen molar-refractivity contribution < 1.29 is 18.4 Å². The number of halogens is 2. The van der Waals surface area contributed by atoms with Gasteiger partial charge in [-0.05, 0) is 32.4 Å². The van der Waals surface area contributed by atoms with E-state index in [4.69, 9.17) is 0 Å². The van der Waals surface area contributed by atoms with Crippen molar-refractivity contribution in [3.8, 4) is 0 Å². The van der Waals surface area contributed by atoms with Crippen molar-refractivity contribution in [2.24, 2.45) is 0 Å². The Morgan fingerprint density at radius 2 is 2.07 bits per heavy atom. The Morgan fingerprint density at radius 1 is 1.32 bits per heavy atom. The molecule has 0 fully saturated rings. The van der Waals surface area contributed by atoms with Crippen molar-refractivity contribution in [2.75, 3.05) is 5.32 Å². The highest BCUT2D eigenvalue weighted by molar-refractivity contribution is 5.95. The minimum Gasteiger partial charge on any atom is -0.349 e. The van der Waals surface area contributed by atoms with Gasteiger partial charge in [0.1, 0.15) is 0 Å². The molecule has 2 atom stereocenters. The molecule has 1 aromatic carbocycles. The fraction of sp³-hybridized carbons (Fsp3) is 0.421. The van der Waals surface area contributed by atoms with Crippen LogP contribution in [0.15, 0.2) is 24.4 Å². The average molecular weight is 391 g/mol. The van der Waals surface area contributed by atoms with E-state index in [-0.39, 0.29) is 30.2 Å². The predicted molar refractivity (Wildman–Crippen MR) is 99.8 cm³/mol. The lowest BCUT2D eigenvalue weighted by molar-refractivity contribution is 0.0934. The molecule has 2 aromatic rings. The second-order valence-electron chi connectivity index (χ2n) is 7.01. The molecule has 7 nitrogen and oxygen atoms in total. The first-order chi connectivity index (χ1) is 13.3. The van der Waals surface area contributed by atoms with Gasteiger partial charge in [-0.3, -0.25) is 9.48 Å². The number of urea groups is 1. The molecule has 3 amide bonds. The number of nitrogens with one attached hydrogen (secondary N) is 2. The summed E-state index contributed by atoms with van der Waals surface area (Å²) >= 11 is 0. The molecule has 1 aromatic heterocycles. The molecule has 2 N–H and O–H groups in total. The summed E-state index contributed by atoms with van der Waals surface area (Å²) in [5, 5.41) is 9.74. The van der Waals surface area contributed by atoms with E-state index in [1.165, 1.54) is 17.2 Å². The van der Waals surface area contributed by atoms with Crippen LogP contribution in [0.5, 0.6) is 0 Å². The van der Waals surface area contributed by atoms with Gasteiger partial charge in [0.2, 0.25) is 0 Å². The van der Waals surface area contributed by atoms with E-state index in [1.807, 2.05) is 20.8 Å². The zero-order chi connectivity index (χ0) is 20.4. The fourth-order valence-electron chi connectivity index (χ4n) is 3.04. The van der Waals surface area contributed by atoms with Gasteiger partial charge in [-0.1, -0.05) is 6.92 Å². The van der Waals surface area contributed by atoms with Gasteiger partial charge in [-0.2, -0.15) is 5.10 Å². The molecule has 9 heteroatoms. The summed E-state index contributed by atoms with van der Waals surface area (Å²) < 4.78 is 28.2. The van der Waals surface area contributed by atoms with E-state index in [9.17, 15) is 18.4 Å². The molecular formula is C19H23F2N5O2. The zero-order valence-electron chi connectivity index (χ0n) is 16.0. The maximum absolute atomic E-state index is 13.4. The number of benzene rings is 1. The van der Waals surface area contributed by atoms with Crippen LogP contribution >= 0.6 is 0 Å². The Kier molecular flexibility index (Phi) is 5.62. The van der Waals surface area contributed by atoms with Gasteiger partial charge in [0.05, 0.1) is 36.6 Å². The van der Waals surface area contributed by atoms with Gasteiger partial charge >= 0.3 is 6.03 Å². The monoisotopic (exact) mass is 391 g/mol. The number of anilines is 1. The van der Waals surface area contributed by atoms with E-state index >= 15 is 0 Å². The highest BCUT2D eigenvalue weighted by Gasteiger charge is 2.31. The molecule has 0 bridgehead atoms. The minimum atomic E-state index is -1.04. The number of nitrogens with zero attached hydrogens (tertiary/aromatic N) is 3.